The lowest BCUT2D eigenvalue weighted by molar-refractivity contribution is -0.0362. The van der Waals surface area contributed by atoms with Crippen molar-refractivity contribution < 1.29 is 4.74 Å². The minimum absolute atomic E-state index is 0.173. The molecule has 0 aromatic rings. The largest absolute Gasteiger partial charge is 0.373 e. The van der Waals surface area contributed by atoms with Crippen LogP contribution in [-0.2, 0) is 4.74 Å². The van der Waals surface area contributed by atoms with Crippen LogP contribution in [0.25, 0.3) is 0 Å². The normalized spacial score (nSPS) is 14.4. The molecule has 1 atom stereocenters. The van der Waals surface area contributed by atoms with Gasteiger partial charge in [-0.15, -0.1) is 0 Å². The molecule has 0 aromatic carbocycles. The van der Waals surface area contributed by atoms with Crippen LogP contribution in [0.2, 0.25) is 0 Å². The van der Waals surface area contributed by atoms with Crippen LogP contribution in [-0.4, -0.2) is 37.9 Å². The van der Waals surface area contributed by atoms with E-state index in [-0.39, 0.29) is 5.60 Å². The molecule has 4 nitrogen and oxygen atoms in total. The van der Waals surface area contributed by atoms with E-state index in [1.807, 2.05) is 0 Å². The number of hydrogen-bond donors (Lipinski definition) is 3. The Hall–Kier alpha value is -0.160. The first-order chi connectivity index (χ1) is 6.54. The molecule has 0 rings (SSSR count). The first-order valence-electron chi connectivity index (χ1n) is 5.32. The van der Waals surface area contributed by atoms with Crippen LogP contribution in [0.5, 0.6) is 0 Å². The van der Waals surface area contributed by atoms with Crippen molar-refractivity contribution in [3.63, 3.8) is 0 Å². The summed E-state index contributed by atoms with van der Waals surface area (Å²) < 4.78 is 5.65. The Kier molecular flexibility index (Phi) is 7.09. The minimum Gasteiger partial charge on any atom is -0.373 e. The molecule has 14 heavy (non-hydrogen) atoms. The molecule has 0 aliphatic heterocycles. The van der Waals surface area contributed by atoms with Gasteiger partial charge in [-0.05, 0) is 40.3 Å². The van der Waals surface area contributed by atoms with Crippen LogP contribution in [0.4, 0.5) is 0 Å². The number of nitrogens with two attached hydrogens (primary N) is 2. The Morgan fingerprint density at radius 2 is 1.93 bits per heavy atom. The molecule has 0 amide bonds. The van der Waals surface area contributed by atoms with E-state index in [2.05, 4.69) is 26.1 Å². The lowest BCUT2D eigenvalue weighted by Gasteiger charge is -2.32. The Morgan fingerprint density at radius 3 is 2.43 bits per heavy atom. The van der Waals surface area contributed by atoms with E-state index >= 15 is 0 Å². The van der Waals surface area contributed by atoms with Gasteiger partial charge >= 0.3 is 0 Å². The average molecular weight is 203 g/mol. The van der Waals surface area contributed by atoms with Crippen LogP contribution < -0.4 is 16.8 Å². The standard InChI is InChI=1S/C10H25N3O/c1-9(13-7-4-5-11)10(2,3)14-8-6-12/h9,13H,4-8,11-12H2,1-3H3. The van der Waals surface area contributed by atoms with Crippen molar-refractivity contribution >= 4 is 0 Å². The SMILES string of the molecule is CC(NCCCN)C(C)(C)OCCN. The van der Waals surface area contributed by atoms with Crippen LogP contribution in [0, 0.1) is 0 Å². The maximum absolute atomic E-state index is 5.65. The third-order valence-electron chi connectivity index (χ3n) is 2.47. The van der Waals surface area contributed by atoms with Gasteiger partial charge in [-0.1, -0.05) is 0 Å². The van der Waals surface area contributed by atoms with E-state index in [1.54, 1.807) is 0 Å². The molecule has 0 aromatic heterocycles. The molecule has 0 saturated carbocycles. The summed E-state index contributed by atoms with van der Waals surface area (Å²) in [5, 5.41) is 3.39. The Bertz CT molecular complexity index is 139. The second kappa shape index (κ2) is 7.17. The molecule has 0 aliphatic carbocycles. The van der Waals surface area contributed by atoms with Crippen molar-refractivity contribution in [1.29, 1.82) is 0 Å². The summed E-state index contributed by atoms with van der Waals surface area (Å²) in [6.07, 6.45) is 0.997. The predicted molar refractivity (Wildman–Crippen MR) is 60.2 cm³/mol. The van der Waals surface area contributed by atoms with Gasteiger partial charge in [-0.3, -0.25) is 0 Å². The number of hydrogen-bond acceptors (Lipinski definition) is 4. The smallest absolute Gasteiger partial charge is 0.0776 e. The molecular weight excluding hydrogens is 178 g/mol. The van der Waals surface area contributed by atoms with Crippen LogP contribution >= 0.6 is 0 Å². The molecule has 1 unspecified atom stereocenters. The van der Waals surface area contributed by atoms with Crippen LogP contribution in [0.1, 0.15) is 27.2 Å². The zero-order valence-corrected chi connectivity index (χ0v) is 9.68. The summed E-state index contributed by atoms with van der Waals surface area (Å²) in [6.45, 7) is 9.10. The molecule has 86 valence electrons. The Morgan fingerprint density at radius 1 is 1.29 bits per heavy atom. The van der Waals surface area contributed by atoms with Crippen molar-refractivity contribution in [3.05, 3.63) is 0 Å². The average Bonchev–Trinajstić information content (AvgIpc) is 2.15. The third-order valence-corrected chi connectivity index (χ3v) is 2.47. The van der Waals surface area contributed by atoms with Crippen LogP contribution in [0.15, 0.2) is 0 Å². The molecule has 0 bridgehead atoms. The number of ether oxygens (including phenoxy) is 1. The first-order valence-corrected chi connectivity index (χ1v) is 5.32. The number of nitrogens with one attached hydrogen (secondary N) is 1. The van der Waals surface area contributed by atoms with E-state index in [1.165, 1.54) is 0 Å². The zero-order chi connectivity index (χ0) is 11.0. The van der Waals surface area contributed by atoms with Gasteiger partial charge in [0.25, 0.3) is 0 Å². The highest BCUT2D eigenvalue weighted by molar-refractivity contribution is 4.82. The maximum Gasteiger partial charge on any atom is 0.0776 e. The fourth-order valence-corrected chi connectivity index (χ4v) is 1.11. The van der Waals surface area contributed by atoms with Crippen molar-refractivity contribution in [2.45, 2.75) is 38.8 Å². The molecule has 5 N–H and O–H groups in total. The first kappa shape index (κ1) is 13.8. The Balaban J connectivity index is 3.75. The molecular formula is C10H25N3O. The summed E-state index contributed by atoms with van der Waals surface area (Å²) in [5.74, 6) is 0. The zero-order valence-electron chi connectivity index (χ0n) is 9.68. The molecule has 0 saturated heterocycles. The maximum atomic E-state index is 5.65. The molecule has 4 heteroatoms. The summed E-state index contributed by atoms with van der Waals surface area (Å²) >= 11 is 0. The van der Waals surface area contributed by atoms with Gasteiger partial charge < -0.3 is 21.5 Å². The van der Waals surface area contributed by atoms with Gasteiger partial charge in [-0.25, -0.2) is 0 Å². The highest BCUT2D eigenvalue weighted by Crippen LogP contribution is 2.14. The van der Waals surface area contributed by atoms with Gasteiger partial charge in [0.2, 0.25) is 0 Å². The quantitative estimate of drug-likeness (QED) is 0.488. The molecule has 0 radical (unpaired) electrons. The van der Waals surface area contributed by atoms with Gasteiger partial charge in [0.1, 0.15) is 0 Å². The van der Waals surface area contributed by atoms with Gasteiger partial charge in [0, 0.05) is 12.6 Å². The highest BCUT2D eigenvalue weighted by atomic mass is 16.5. The van der Waals surface area contributed by atoms with E-state index in [4.69, 9.17) is 16.2 Å². The van der Waals surface area contributed by atoms with Gasteiger partial charge in [-0.2, -0.15) is 0 Å². The minimum atomic E-state index is -0.173. The Labute approximate surface area is 87.4 Å². The van der Waals surface area contributed by atoms with Gasteiger partial charge in [0.15, 0.2) is 0 Å². The second-order valence-electron chi connectivity index (χ2n) is 4.06. The second-order valence-corrected chi connectivity index (χ2v) is 4.06. The number of rotatable bonds is 8. The fraction of sp³-hybridized carbons (Fsp3) is 1.00. The molecule has 0 aliphatic rings. The topological polar surface area (TPSA) is 73.3 Å². The van der Waals surface area contributed by atoms with E-state index in [9.17, 15) is 0 Å². The molecule has 0 fully saturated rings. The summed E-state index contributed by atoms with van der Waals surface area (Å²) in [5.41, 5.74) is 10.6. The molecule has 0 spiro atoms. The monoisotopic (exact) mass is 203 g/mol. The van der Waals surface area contributed by atoms with Gasteiger partial charge in [0.05, 0.1) is 12.2 Å². The highest BCUT2D eigenvalue weighted by Gasteiger charge is 2.25. The predicted octanol–water partition coefficient (Wildman–Crippen LogP) is 0.0672. The van der Waals surface area contributed by atoms with Crippen molar-refractivity contribution in [1.82, 2.24) is 5.32 Å². The summed E-state index contributed by atoms with van der Waals surface area (Å²) in [7, 11) is 0. The van der Waals surface area contributed by atoms with Crippen LogP contribution in [0.3, 0.4) is 0 Å². The lowest BCUT2D eigenvalue weighted by atomic mass is 10.0. The lowest BCUT2D eigenvalue weighted by Crippen LogP contribution is -2.47. The van der Waals surface area contributed by atoms with E-state index in [0.717, 1.165) is 19.5 Å². The molecule has 0 heterocycles. The fourth-order valence-electron chi connectivity index (χ4n) is 1.11. The summed E-state index contributed by atoms with van der Waals surface area (Å²) in [4.78, 5) is 0. The third kappa shape index (κ3) is 5.54. The van der Waals surface area contributed by atoms with E-state index in [0.29, 0.717) is 19.2 Å². The summed E-state index contributed by atoms with van der Waals surface area (Å²) in [6, 6.07) is 0.306. The van der Waals surface area contributed by atoms with Crippen molar-refractivity contribution in [2.75, 3.05) is 26.2 Å². The van der Waals surface area contributed by atoms with E-state index < -0.39 is 0 Å². The van der Waals surface area contributed by atoms with Crippen molar-refractivity contribution in [2.24, 2.45) is 11.5 Å². The van der Waals surface area contributed by atoms with Crippen molar-refractivity contribution in [3.8, 4) is 0 Å².